The Labute approximate surface area is 421 Å². The molecular weight excluding hydrogens is 961 g/mol. The highest BCUT2D eigenvalue weighted by molar-refractivity contribution is 7.61. The van der Waals surface area contributed by atoms with Gasteiger partial charge in [-0.1, -0.05) is 141 Å². The summed E-state index contributed by atoms with van der Waals surface area (Å²) in [7, 11) is -10.9. The molecule has 1 aromatic rings. The number of carbonyl (C=O) groups is 2. The Hall–Kier alpha value is -2.80. The van der Waals surface area contributed by atoms with Gasteiger partial charge in [0.1, 0.15) is 30.7 Å². The lowest BCUT2D eigenvalue weighted by molar-refractivity contribution is -0.161. The van der Waals surface area contributed by atoms with E-state index in [4.69, 9.17) is 33.7 Å². The van der Waals surface area contributed by atoms with Crippen molar-refractivity contribution < 1.29 is 71.0 Å². The molecule has 2 aliphatic heterocycles. The van der Waals surface area contributed by atoms with E-state index in [-0.39, 0.29) is 18.7 Å². The van der Waals surface area contributed by atoms with Crippen LogP contribution in [0, 0.1) is 0 Å². The van der Waals surface area contributed by atoms with Crippen molar-refractivity contribution in [1.82, 2.24) is 9.55 Å². The minimum absolute atomic E-state index is 0.0277. The van der Waals surface area contributed by atoms with Crippen molar-refractivity contribution in [2.45, 2.75) is 236 Å². The minimum Gasteiger partial charge on any atom is -0.462 e. The molecule has 0 aliphatic carbocycles. The number of ether oxygens (including phenoxy) is 4. The van der Waals surface area contributed by atoms with Gasteiger partial charge in [0.25, 0.3) is 0 Å². The molecule has 21 heteroatoms. The van der Waals surface area contributed by atoms with Gasteiger partial charge in [0, 0.05) is 19.0 Å². The van der Waals surface area contributed by atoms with E-state index in [2.05, 4.69) is 47.4 Å². The van der Waals surface area contributed by atoms with E-state index in [0.717, 1.165) is 107 Å². The third-order valence-electron chi connectivity index (χ3n) is 12.4. The average Bonchev–Trinajstić information content (AvgIpc) is 4.02. The van der Waals surface area contributed by atoms with Crippen molar-refractivity contribution in [1.29, 1.82) is 0 Å². The van der Waals surface area contributed by atoms with Gasteiger partial charge in [-0.05, 0) is 70.3 Å². The predicted octanol–water partition coefficient (Wildman–Crippen LogP) is 9.99. The largest absolute Gasteiger partial charge is 0.481 e. The van der Waals surface area contributed by atoms with Gasteiger partial charge in [-0.25, -0.2) is 13.9 Å². The highest BCUT2D eigenvalue weighted by Gasteiger charge is 2.46. The van der Waals surface area contributed by atoms with E-state index in [1.54, 1.807) is 0 Å². The second-order valence-electron chi connectivity index (χ2n) is 18.8. The van der Waals surface area contributed by atoms with Crippen molar-refractivity contribution in [2.24, 2.45) is 0 Å². The van der Waals surface area contributed by atoms with Crippen LogP contribution in [0.15, 0.2) is 41.4 Å². The summed E-state index contributed by atoms with van der Waals surface area (Å²) in [5, 5.41) is 20.9. The number of unbranched alkanes of at least 4 members (excludes halogenated alkanes) is 20. The number of aromatic nitrogens is 2. The monoisotopic (exact) mass is 1050 g/mol. The first-order chi connectivity index (χ1) is 34.1. The molecule has 3 heterocycles. The quantitative estimate of drug-likeness (QED) is 0.0134. The number of phosphoric acid groups is 2. The maximum absolute atomic E-state index is 12.9. The van der Waals surface area contributed by atoms with E-state index in [0.29, 0.717) is 25.0 Å². The Bertz CT molecular complexity index is 1850. The minimum atomic E-state index is -5.43. The van der Waals surface area contributed by atoms with Crippen LogP contribution in [0.5, 0.6) is 0 Å². The SMILES string of the molecule is CCCCC/C=C\CC1OC1CCCCCCCC(=O)O[C@H](COC(=O)CCCCCCCCC/C=C\CCCCCCCC)COP(=O)(O)OP(=O)(O)OC[C@H]1O[C@@H](n2ccc(N)nc2=O)[C@H](O)[C@@H]1O. The third-order valence-corrected chi connectivity index (χ3v) is 15.0. The standard InChI is InChI=1S/C50H87N3O16P2/c1-3-5-7-9-11-12-13-14-15-16-17-18-19-20-21-25-29-33-45(54)63-37-40(66-46(55)34-30-26-22-24-28-32-42-41(67-42)31-27-23-10-8-6-4-2)38-64-70(59,60)69-71(61,62)65-39-43-47(56)48(57)49(68-43)53-36-35-44(51)52-50(53)58/h14-15,23,27,35-36,40-43,47-49,56-57H,3-13,16-22,24-26,28-34,37-39H2,1-2H3,(H,59,60)(H,61,62)(H2,51,52,58)/b15-14-,27-23-/t40-,41?,42?,43-,47-,48-,49-/m1/s1. The molecule has 0 spiro atoms. The smallest absolute Gasteiger partial charge is 0.462 e. The molecule has 9 atom stereocenters. The number of hydrogen-bond acceptors (Lipinski definition) is 16. The predicted molar refractivity (Wildman–Crippen MR) is 270 cm³/mol. The molecular formula is C50H87N3O16P2. The second-order valence-corrected chi connectivity index (χ2v) is 21.8. The summed E-state index contributed by atoms with van der Waals surface area (Å²) in [6, 6.07) is 1.25. The van der Waals surface area contributed by atoms with Gasteiger partial charge in [-0.3, -0.25) is 23.2 Å². The fraction of sp³-hybridized carbons (Fsp3) is 0.800. The van der Waals surface area contributed by atoms with Crippen LogP contribution in [-0.4, -0.2) is 97.9 Å². The molecule has 0 amide bonds. The lowest BCUT2D eigenvalue weighted by Crippen LogP contribution is -2.36. The molecule has 6 N–H and O–H groups in total. The number of nitrogen functional groups attached to an aromatic ring is 1. The number of hydrogen-bond donors (Lipinski definition) is 5. The first-order valence-corrected chi connectivity index (χ1v) is 29.5. The Morgan fingerprint density at radius 1 is 0.690 bits per heavy atom. The molecule has 0 aromatic carbocycles. The summed E-state index contributed by atoms with van der Waals surface area (Å²) in [5.41, 5.74) is 4.59. The van der Waals surface area contributed by atoms with Gasteiger partial charge >= 0.3 is 33.3 Å². The summed E-state index contributed by atoms with van der Waals surface area (Å²) in [6.45, 7) is 2.11. The Morgan fingerprint density at radius 3 is 1.86 bits per heavy atom. The van der Waals surface area contributed by atoms with Crippen LogP contribution in [-0.2, 0) is 51.0 Å². The van der Waals surface area contributed by atoms with Crippen LogP contribution in [0.3, 0.4) is 0 Å². The van der Waals surface area contributed by atoms with E-state index < -0.39 is 83.7 Å². The molecule has 2 saturated heterocycles. The summed E-state index contributed by atoms with van der Waals surface area (Å²) >= 11 is 0. The zero-order chi connectivity index (χ0) is 51.7. The fourth-order valence-corrected chi connectivity index (χ4v) is 10.3. The molecule has 0 bridgehead atoms. The zero-order valence-electron chi connectivity index (χ0n) is 42.5. The summed E-state index contributed by atoms with van der Waals surface area (Å²) in [5.74, 6) is -1.32. The highest BCUT2D eigenvalue weighted by atomic mass is 31.3. The number of aliphatic hydroxyl groups excluding tert-OH is 2. The highest BCUT2D eigenvalue weighted by Crippen LogP contribution is 2.60. The Balaban J connectivity index is 1.39. The number of allylic oxidation sites excluding steroid dienone is 3. The number of rotatable bonds is 43. The zero-order valence-corrected chi connectivity index (χ0v) is 44.3. The summed E-state index contributed by atoms with van der Waals surface area (Å²) < 4.78 is 62.7. The molecule has 19 nitrogen and oxygen atoms in total. The van der Waals surface area contributed by atoms with Gasteiger partial charge < -0.3 is 44.7 Å². The number of aliphatic hydroxyl groups is 2. The molecule has 1 aromatic heterocycles. The number of epoxide rings is 1. The summed E-state index contributed by atoms with van der Waals surface area (Å²) in [6.07, 6.45) is 31.2. The fourth-order valence-electron chi connectivity index (χ4n) is 8.20. The molecule has 71 heavy (non-hydrogen) atoms. The molecule has 408 valence electrons. The second kappa shape index (κ2) is 36.2. The van der Waals surface area contributed by atoms with Gasteiger partial charge in [-0.2, -0.15) is 9.29 Å². The van der Waals surface area contributed by atoms with Crippen LogP contribution < -0.4 is 11.4 Å². The molecule has 0 saturated carbocycles. The number of anilines is 1. The molecule has 2 fully saturated rings. The molecule has 3 rings (SSSR count). The normalized spacial score (nSPS) is 22.2. The van der Waals surface area contributed by atoms with E-state index in [1.807, 2.05) is 0 Å². The van der Waals surface area contributed by atoms with Crippen LogP contribution in [0.25, 0.3) is 0 Å². The van der Waals surface area contributed by atoms with Gasteiger partial charge in [0.15, 0.2) is 12.3 Å². The van der Waals surface area contributed by atoms with Gasteiger partial charge in [0.2, 0.25) is 0 Å². The number of carbonyl (C=O) groups excluding carboxylic acids is 2. The number of phosphoric ester groups is 2. The van der Waals surface area contributed by atoms with E-state index in [1.165, 1.54) is 63.9 Å². The van der Waals surface area contributed by atoms with Crippen LogP contribution in [0.1, 0.15) is 200 Å². The number of nitrogens with zero attached hydrogens (tertiary/aromatic N) is 2. The van der Waals surface area contributed by atoms with Crippen molar-refractivity contribution in [3.63, 3.8) is 0 Å². The number of esters is 2. The molecule has 4 unspecified atom stereocenters. The number of nitrogens with two attached hydrogens (primary N) is 1. The molecule has 0 radical (unpaired) electrons. The average molecular weight is 1050 g/mol. The first-order valence-electron chi connectivity index (χ1n) is 26.5. The van der Waals surface area contributed by atoms with Crippen molar-refractivity contribution in [3.05, 3.63) is 47.1 Å². The van der Waals surface area contributed by atoms with Crippen molar-refractivity contribution in [3.8, 4) is 0 Å². The Morgan fingerprint density at radius 2 is 1.23 bits per heavy atom. The van der Waals surface area contributed by atoms with Gasteiger partial charge in [0.05, 0.1) is 25.4 Å². The summed E-state index contributed by atoms with van der Waals surface area (Å²) in [4.78, 5) is 62.0. The Kier molecular flexibility index (Phi) is 31.9. The van der Waals surface area contributed by atoms with Crippen LogP contribution in [0.4, 0.5) is 5.82 Å². The third kappa shape index (κ3) is 28.5. The van der Waals surface area contributed by atoms with Crippen molar-refractivity contribution in [2.75, 3.05) is 25.6 Å². The van der Waals surface area contributed by atoms with Crippen molar-refractivity contribution >= 4 is 33.4 Å². The van der Waals surface area contributed by atoms with E-state index >= 15 is 0 Å². The first kappa shape index (κ1) is 62.5. The topological polar surface area (TPSA) is 278 Å². The van der Waals surface area contributed by atoms with Gasteiger partial charge in [-0.15, -0.1) is 0 Å². The lowest BCUT2D eigenvalue weighted by atomic mass is 10.1. The molecule has 2 aliphatic rings. The maximum Gasteiger partial charge on any atom is 0.481 e. The van der Waals surface area contributed by atoms with E-state index in [9.17, 15) is 43.5 Å². The van der Waals surface area contributed by atoms with Crippen LogP contribution >= 0.6 is 15.6 Å². The lowest BCUT2D eigenvalue weighted by Gasteiger charge is -2.21. The maximum atomic E-state index is 12.9. The van der Waals surface area contributed by atoms with Crippen LogP contribution in [0.2, 0.25) is 0 Å².